The van der Waals surface area contributed by atoms with Crippen molar-refractivity contribution < 1.29 is 39.4 Å². The van der Waals surface area contributed by atoms with Gasteiger partial charge in [0.05, 0.1) is 24.9 Å². The number of fused-ring (bicyclic) bond motifs is 5. The number of hydrogen-bond acceptors (Lipinski definition) is 8. The summed E-state index contributed by atoms with van der Waals surface area (Å²) in [6.07, 6.45) is 5.78. The molecule has 46 heavy (non-hydrogen) atoms. The van der Waals surface area contributed by atoms with Gasteiger partial charge in [-0.1, -0.05) is 64.8 Å². The van der Waals surface area contributed by atoms with E-state index in [1.165, 1.54) is 30.4 Å². The molecule has 4 fully saturated rings. The van der Waals surface area contributed by atoms with E-state index in [-0.39, 0.29) is 40.0 Å². The summed E-state index contributed by atoms with van der Waals surface area (Å²) in [7, 11) is 3.71. The third-order valence-corrected chi connectivity index (χ3v) is 14.3. The van der Waals surface area contributed by atoms with Gasteiger partial charge in [0.25, 0.3) is 0 Å². The molecule has 1 saturated heterocycles. The fourth-order valence-electron chi connectivity index (χ4n) is 11.6. The van der Waals surface area contributed by atoms with E-state index in [4.69, 9.17) is 18.9 Å². The van der Waals surface area contributed by atoms with E-state index < -0.39 is 37.3 Å². The Morgan fingerprint density at radius 2 is 1.65 bits per heavy atom. The highest BCUT2D eigenvalue weighted by atomic mass is 16.7. The van der Waals surface area contributed by atoms with Crippen LogP contribution in [0.4, 0.5) is 0 Å². The first kappa shape index (κ1) is 36.4. The monoisotopic (exact) mass is 648 g/mol. The largest absolute Gasteiger partial charge is 0.394 e. The number of aliphatic hydroxyl groups excluding tert-OH is 4. The molecule has 0 aromatic carbocycles. The summed E-state index contributed by atoms with van der Waals surface area (Å²) < 4.78 is 24.6. The van der Waals surface area contributed by atoms with E-state index in [0.717, 1.165) is 25.7 Å². The second-order valence-electron chi connectivity index (χ2n) is 17.2. The zero-order valence-electron chi connectivity index (χ0n) is 30.2. The van der Waals surface area contributed by atoms with Crippen LogP contribution in [-0.2, 0) is 18.9 Å². The highest BCUT2D eigenvalue weighted by Gasteiger charge is 2.69. The molecule has 264 valence electrons. The molecule has 5 aliphatic rings. The van der Waals surface area contributed by atoms with Gasteiger partial charge in [0.15, 0.2) is 6.29 Å². The van der Waals surface area contributed by atoms with Crippen molar-refractivity contribution in [3.05, 3.63) is 23.3 Å². The van der Waals surface area contributed by atoms with Crippen molar-refractivity contribution >= 4 is 0 Å². The van der Waals surface area contributed by atoms with Crippen LogP contribution in [0.15, 0.2) is 23.3 Å². The molecule has 8 nitrogen and oxygen atoms in total. The SMILES string of the molecule is COC(C=C(C)C)CC(C)C1CCC2(C)C3C(OC)C=C4C(CCC(OC5OC(CO)C(O)C(O)C5O)C4(C)C)C3(C)CCC12C. The molecule has 0 bridgehead atoms. The predicted octanol–water partition coefficient (Wildman–Crippen LogP) is 5.41. The second kappa shape index (κ2) is 13.1. The number of aliphatic hydroxyl groups is 4. The summed E-state index contributed by atoms with van der Waals surface area (Å²) in [6.45, 7) is 18.4. The molecule has 0 amide bonds. The molecule has 3 saturated carbocycles. The second-order valence-corrected chi connectivity index (χ2v) is 17.2. The number of ether oxygens (including phenoxy) is 4. The van der Waals surface area contributed by atoms with Gasteiger partial charge in [-0.15, -0.1) is 0 Å². The van der Waals surface area contributed by atoms with Gasteiger partial charge < -0.3 is 39.4 Å². The average molecular weight is 649 g/mol. The summed E-state index contributed by atoms with van der Waals surface area (Å²) in [4.78, 5) is 0. The van der Waals surface area contributed by atoms with Crippen LogP contribution in [0.2, 0.25) is 0 Å². The molecule has 4 N–H and O–H groups in total. The molecular formula is C38H64O8. The van der Waals surface area contributed by atoms with Crippen LogP contribution in [0, 0.1) is 45.3 Å². The highest BCUT2D eigenvalue weighted by Crippen LogP contribution is 2.75. The van der Waals surface area contributed by atoms with Crippen LogP contribution < -0.4 is 0 Å². The van der Waals surface area contributed by atoms with Crippen molar-refractivity contribution in [2.75, 3.05) is 20.8 Å². The van der Waals surface area contributed by atoms with Gasteiger partial charge in [-0.05, 0) is 92.8 Å². The minimum atomic E-state index is -1.45. The Morgan fingerprint density at radius 3 is 2.26 bits per heavy atom. The molecule has 1 heterocycles. The lowest BCUT2D eigenvalue weighted by Gasteiger charge is -2.67. The zero-order valence-corrected chi connectivity index (χ0v) is 30.2. The zero-order chi connectivity index (χ0) is 34.0. The van der Waals surface area contributed by atoms with Crippen LogP contribution in [0.1, 0.15) is 100 Å². The van der Waals surface area contributed by atoms with Gasteiger partial charge in [0, 0.05) is 25.6 Å². The Balaban J connectivity index is 1.42. The average Bonchev–Trinajstić information content (AvgIpc) is 3.28. The highest BCUT2D eigenvalue weighted by molar-refractivity contribution is 5.33. The maximum Gasteiger partial charge on any atom is 0.187 e. The van der Waals surface area contributed by atoms with E-state index in [1.54, 1.807) is 0 Å². The van der Waals surface area contributed by atoms with Gasteiger partial charge in [0.2, 0.25) is 0 Å². The van der Waals surface area contributed by atoms with Crippen molar-refractivity contribution in [2.45, 2.75) is 149 Å². The number of methoxy groups -OCH3 is 2. The van der Waals surface area contributed by atoms with E-state index in [2.05, 4.69) is 67.5 Å². The van der Waals surface area contributed by atoms with Gasteiger partial charge in [0.1, 0.15) is 24.4 Å². The summed E-state index contributed by atoms with van der Waals surface area (Å²) in [5, 5.41) is 41.1. The molecule has 15 unspecified atom stereocenters. The van der Waals surface area contributed by atoms with Crippen molar-refractivity contribution in [3.63, 3.8) is 0 Å². The maximum atomic E-state index is 10.7. The number of allylic oxidation sites excluding steroid dienone is 1. The van der Waals surface area contributed by atoms with Crippen LogP contribution in [0.5, 0.6) is 0 Å². The topological polar surface area (TPSA) is 118 Å². The van der Waals surface area contributed by atoms with E-state index in [1.807, 2.05) is 14.2 Å². The molecule has 0 radical (unpaired) electrons. The number of rotatable bonds is 9. The summed E-state index contributed by atoms with van der Waals surface area (Å²) in [6, 6.07) is 0. The summed E-state index contributed by atoms with van der Waals surface area (Å²) in [5.74, 6) is 1.97. The molecule has 1 aliphatic heterocycles. The van der Waals surface area contributed by atoms with Crippen molar-refractivity contribution in [1.29, 1.82) is 0 Å². The predicted molar refractivity (Wildman–Crippen MR) is 178 cm³/mol. The summed E-state index contributed by atoms with van der Waals surface area (Å²) >= 11 is 0. The molecule has 4 aliphatic carbocycles. The smallest absolute Gasteiger partial charge is 0.187 e. The first-order valence-electron chi connectivity index (χ1n) is 17.9. The van der Waals surface area contributed by atoms with E-state index in [9.17, 15) is 20.4 Å². The van der Waals surface area contributed by atoms with Crippen LogP contribution >= 0.6 is 0 Å². The third-order valence-electron chi connectivity index (χ3n) is 14.3. The van der Waals surface area contributed by atoms with Crippen LogP contribution in [0.25, 0.3) is 0 Å². The third kappa shape index (κ3) is 5.69. The Bertz CT molecular complexity index is 1150. The Kier molecular flexibility index (Phi) is 10.4. The maximum absolute atomic E-state index is 10.7. The lowest BCUT2D eigenvalue weighted by molar-refractivity contribution is -0.320. The lowest BCUT2D eigenvalue weighted by atomic mass is 9.38. The molecule has 0 spiro atoms. The van der Waals surface area contributed by atoms with Gasteiger partial charge in [-0.25, -0.2) is 0 Å². The van der Waals surface area contributed by atoms with Gasteiger partial charge in [-0.3, -0.25) is 0 Å². The Hall–Kier alpha value is -0.840. The fourth-order valence-corrected chi connectivity index (χ4v) is 11.6. The Labute approximate surface area is 277 Å². The van der Waals surface area contributed by atoms with E-state index >= 15 is 0 Å². The molecule has 0 aromatic rings. The lowest BCUT2D eigenvalue weighted by Crippen LogP contribution is -2.64. The van der Waals surface area contributed by atoms with Crippen molar-refractivity contribution in [1.82, 2.24) is 0 Å². The first-order chi connectivity index (χ1) is 21.5. The van der Waals surface area contributed by atoms with E-state index in [0.29, 0.717) is 23.7 Å². The fraction of sp³-hybridized carbons (Fsp3) is 0.895. The van der Waals surface area contributed by atoms with Gasteiger partial charge >= 0.3 is 0 Å². The first-order valence-corrected chi connectivity index (χ1v) is 17.9. The molecule has 0 aromatic heterocycles. The van der Waals surface area contributed by atoms with Crippen LogP contribution in [0.3, 0.4) is 0 Å². The number of hydrogen-bond donors (Lipinski definition) is 4. The standard InChI is InChI=1S/C38H64O8/c1-21(2)17-23(43-9)18-22(3)24-13-14-38(8)33-27(44-10)19-26-25(36(33,6)15-16-37(24,38)7)11-12-29(35(26,4)5)46-34-32(42)31(41)30(40)28(20-39)45-34/h17,19,22-25,27-34,39-42H,11-16,18,20H2,1-10H3. The van der Waals surface area contributed by atoms with Crippen molar-refractivity contribution in [2.24, 2.45) is 45.3 Å². The normalized spacial score (nSPS) is 48.0. The molecule has 5 rings (SSSR count). The van der Waals surface area contributed by atoms with Crippen molar-refractivity contribution in [3.8, 4) is 0 Å². The Morgan fingerprint density at radius 1 is 0.957 bits per heavy atom. The molecule has 8 heteroatoms. The minimum absolute atomic E-state index is 0.0161. The minimum Gasteiger partial charge on any atom is -0.394 e. The molecule has 15 atom stereocenters. The van der Waals surface area contributed by atoms with Gasteiger partial charge in [-0.2, -0.15) is 0 Å². The summed E-state index contributed by atoms with van der Waals surface area (Å²) in [5.41, 5.74) is 2.70. The molecular weight excluding hydrogens is 584 g/mol. The quantitative estimate of drug-likeness (QED) is 0.245. The van der Waals surface area contributed by atoms with Crippen LogP contribution in [-0.4, -0.2) is 90.3 Å².